The lowest BCUT2D eigenvalue weighted by Gasteiger charge is -2.23. The Bertz CT molecular complexity index is 1620. The number of rotatable bonds is 8. The maximum atomic E-state index is 12.9. The standard InChI is InChI=1S/C20H25N10O10P/c21-15-9-17(25-3-23-15)29(5-27-9)19-12(33)11(32)8(39-19)2-37-41(35,36)40-14-7(1-31)38-20(13(14)34)30-6-28-10-16(22)24-4-26-18(10)30/h3-8,11-14,19-20,31-34H,1-2H2,(H,35,36)(H2,21,23,25)(H2,22,24,26)/t7-,8-,11-,12+,13+,14?,19?,20?/m1/s1. The van der Waals surface area contributed by atoms with Crippen molar-refractivity contribution in [1.29, 1.82) is 0 Å². The highest BCUT2D eigenvalue weighted by Crippen LogP contribution is 2.49. The van der Waals surface area contributed by atoms with Crippen molar-refractivity contribution in [2.24, 2.45) is 0 Å². The lowest BCUT2D eigenvalue weighted by Crippen LogP contribution is -2.36. The van der Waals surface area contributed by atoms with Crippen molar-refractivity contribution < 1.29 is 48.4 Å². The van der Waals surface area contributed by atoms with Gasteiger partial charge in [0.2, 0.25) is 0 Å². The Morgan fingerprint density at radius 1 is 0.829 bits per heavy atom. The van der Waals surface area contributed by atoms with Gasteiger partial charge in [-0.1, -0.05) is 0 Å². The van der Waals surface area contributed by atoms with Gasteiger partial charge in [-0.2, -0.15) is 0 Å². The molecule has 4 aromatic rings. The van der Waals surface area contributed by atoms with Crippen LogP contribution in [0.4, 0.5) is 11.6 Å². The van der Waals surface area contributed by atoms with Crippen molar-refractivity contribution >= 4 is 41.8 Å². The zero-order valence-corrected chi connectivity index (χ0v) is 21.7. The first-order valence-corrected chi connectivity index (χ1v) is 13.6. The molecule has 20 nitrogen and oxygen atoms in total. The number of aliphatic hydroxyl groups is 4. The van der Waals surface area contributed by atoms with Crippen molar-refractivity contribution in [3.63, 3.8) is 0 Å². The zero-order valence-electron chi connectivity index (χ0n) is 20.8. The summed E-state index contributed by atoms with van der Waals surface area (Å²) in [6.45, 7) is -1.39. The third kappa shape index (κ3) is 4.78. The second kappa shape index (κ2) is 10.4. The van der Waals surface area contributed by atoms with Crippen LogP contribution < -0.4 is 11.5 Å². The topological polar surface area (TPSA) is 294 Å². The summed E-state index contributed by atoms with van der Waals surface area (Å²) in [4.78, 5) is 34.4. The quantitative estimate of drug-likeness (QED) is 0.101. The first-order valence-electron chi connectivity index (χ1n) is 12.1. The number of imidazole rings is 2. The van der Waals surface area contributed by atoms with Gasteiger partial charge in [0, 0.05) is 0 Å². The Hall–Kier alpha value is -3.43. The number of anilines is 2. The maximum Gasteiger partial charge on any atom is 0.472 e. The Morgan fingerprint density at radius 3 is 1.93 bits per heavy atom. The molecule has 2 aliphatic rings. The lowest BCUT2D eigenvalue weighted by atomic mass is 10.1. The van der Waals surface area contributed by atoms with Crippen LogP contribution in [0, 0.1) is 0 Å². The molecule has 4 unspecified atom stereocenters. The van der Waals surface area contributed by atoms with E-state index in [-0.39, 0.29) is 34.0 Å². The van der Waals surface area contributed by atoms with E-state index in [0.717, 1.165) is 0 Å². The fourth-order valence-electron chi connectivity index (χ4n) is 4.79. The number of nitrogens with two attached hydrogens (primary N) is 2. The average molecular weight is 596 g/mol. The Labute approximate surface area is 228 Å². The van der Waals surface area contributed by atoms with Gasteiger partial charge < -0.3 is 46.3 Å². The number of nitrogen functional groups attached to an aromatic ring is 2. The second-order valence-electron chi connectivity index (χ2n) is 9.28. The molecule has 0 spiro atoms. The van der Waals surface area contributed by atoms with Crippen molar-refractivity contribution in [2.75, 3.05) is 24.7 Å². The Morgan fingerprint density at radius 2 is 1.37 bits per heavy atom. The molecule has 9 N–H and O–H groups in total. The van der Waals surface area contributed by atoms with Gasteiger partial charge in [-0.05, 0) is 0 Å². The molecule has 6 rings (SSSR count). The van der Waals surface area contributed by atoms with Crippen LogP contribution in [-0.2, 0) is 23.1 Å². The summed E-state index contributed by atoms with van der Waals surface area (Å²) in [5.74, 6) is 0.184. The van der Waals surface area contributed by atoms with Gasteiger partial charge in [0.05, 0.1) is 25.9 Å². The van der Waals surface area contributed by atoms with Crippen LogP contribution in [-0.4, -0.2) is 114 Å². The predicted molar refractivity (Wildman–Crippen MR) is 133 cm³/mol. The van der Waals surface area contributed by atoms with E-state index in [1.807, 2.05) is 0 Å². The van der Waals surface area contributed by atoms with Gasteiger partial charge >= 0.3 is 7.82 Å². The third-order valence-corrected chi connectivity index (χ3v) is 7.79. The first-order chi connectivity index (χ1) is 19.6. The molecular weight excluding hydrogens is 571 g/mol. The molecule has 21 heteroatoms. The fourth-order valence-corrected chi connectivity index (χ4v) is 5.75. The Balaban J connectivity index is 1.14. The van der Waals surface area contributed by atoms with E-state index < -0.39 is 70.1 Å². The summed E-state index contributed by atoms with van der Waals surface area (Å²) in [7, 11) is -4.96. The second-order valence-corrected chi connectivity index (χ2v) is 10.7. The molecule has 41 heavy (non-hydrogen) atoms. The van der Waals surface area contributed by atoms with Gasteiger partial charge in [0.25, 0.3) is 0 Å². The number of fused-ring (bicyclic) bond motifs is 2. The number of hydrogen-bond acceptors (Lipinski definition) is 17. The molecule has 0 aliphatic carbocycles. The maximum absolute atomic E-state index is 12.9. The van der Waals surface area contributed by atoms with Crippen molar-refractivity contribution in [3.05, 3.63) is 25.3 Å². The minimum atomic E-state index is -4.96. The number of nitrogens with zero attached hydrogens (tertiary/aromatic N) is 8. The number of phosphoric ester groups is 1. The number of aliphatic hydroxyl groups excluding tert-OH is 4. The van der Waals surface area contributed by atoms with E-state index in [1.54, 1.807) is 0 Å². The highest BCUT2D eigenvalue weighted by atomic mass is 31.2. The third-order valence-electron chi connectivity index (χ3n) is 6.81. The van der Waals surface area contributed by atoms with Crippen LogP contribution in [0.2, 0.25) is 0 Å². The molecule has 9 atom stereocenters. The molecule has 4 aromatic heterocycles. The molecule has 0 bridgehead atoms. The molecule has 220 valence electrons. The average Bonchev–Trinajstić information content (AvgIpc) is 3.70. The van der Waals surface area contributed by atoms with Crippen molar-refractivity contribution in [2.45, 2.75) is 49.1 Å². The van der Waals surface area contributed by atoms with Crippen LogP contribution in [0.25, 0.3) is 22.3 Å². The minimum absolute atomic E-state index is 0.0864. The summed E-state index contributed by atoms with van der Waals surface area (Å²) < 4.78 is 37.1. The van der Waals surface area contributed by atoms with Crippen molar-refractivity contribution in [3.8, 4) is 0 Å². The van der Waals surface area contributed by atoms with E-state index in [9.17, 15) is 29.9 Å². The summed E-state index contributed by atoms with van der Waals surface area (Å²) in [5, 5.41) is 41.8. The fraction of sp³-hybridized carbons (Fsp3) is 0.500. The van der Waals surface area contributed by atoms with Crippen LogP contribution in [0.15, 0.2) is 25.3 Å². The van der Waals surface area contributed by atoms with Crippen molar-refractivity contribution in [1.82, 2.24) is 39.0 Å². The van der Waals surface area contributed by atoms with Crippen LogP contribution in [0.5, 0.6) is 0 Å². The molecule has 2 fully saturated rings. The molecule has 0 aromatic carbocycles. The van der Waals surface area contributed by atoms with Gasteiger partial charge in [-0.3, -0.25) is 18.2 Å². The van der Waals surface area contributed by atoms with Crippen LogP contribution in [0.3, 0.4) is 0 Å². The molecule has 2 saturated heterocycles. The SMILES string of the molecule is Nc1ncnc2c1ncn2C1O[C@H](CO)C(OP(=O)(O)OC[C@H]2OC(n3cnc4c(N)ncnc43)[C@@H](O)[C@@H]2O)[C@@H]1O. The smallest absolute Gasteiger partial charge is 0.394 e. The normalized spacial score (nSPS) is 31.7. The molecule has 0 radical (unpaired) electrons. The zero-order chi connectivity index (χ0) is 29.1. The monoisotopic (exact) mass is 596 g/mol. The van der Waals surface area contributed by atoms with E-state index >= 15 is 0 Å². The number of phosphoric acid groups is 1. The molecule has 0 saturated carbocycles. The van der Waals surface area contributed by atoms with E-state index in [1.165, 1.54) is 34.4 Å². The number of aromatic nitrogens is 8. The van der Waals surface area contributed by atoms with E-state index in [2.05, 4.69) is 29.9 Å². The number of hydrogen-bond donors (Lipinski definition) is 7. The first kappa shape index (κ1) is 27.7. The van der Waals surface area contributed by atoms with Crippen LogP contribution in [0.1, 0.15) is 12.5 Å². The minimum Gasteiger partial charge on any atom is -0.394 e. The largest absolute Gasteiger partial charge is 0.472 e. The van der Waals surface area contributed by atoms with Gasteiger partial charge in [-0.15, -0.1) is 0 Å². The number of ether oxygens (including phenoxy) is 2. The lowest BCUT2D eigenvalue weighted by molar-refractivity contribution is -0.0585. The van der Waals surface area contributed by atoms with Crippen LogP contribution >= 0.6 is 7.82 Å². The Kier molecular flexibility index (Phi) is 7.06. The summed E-state index contributed by atoms with van der Waals surface area (Å²) in [6, 6.07) is 0. The van der Waals surface area contributed by atoms with Gasteiger partial charge in [0.15, 0.2) is 35.4 Å². The molecule has 2 aliphatic heterocycles. The summed E-state index contributed by atoms with van der Waals surface area (Å²) in [6.07, 6.45) is -6.18. The molecule has 0 amide bonds. The molecular formula is C20H25N10O10P. The summed E-state index contributed by atoms with van der Waals surface area (Å²) >= 11 is 0. The highest BCUT2D eigenvalue weighted by molar-refractivity contribution is 7.47. The van der Waals surface area contributed by atoms with Gasteiger partial charge in [0.1, 0.15) is 60.3 Å². The predicted octanol–water partition coefficient (Wildman–Crippen LogP) is -2.80. The van der Waals surface area contributed by atoms with E-state index in [4.69, 9.17) is 30.0 Å². The van der Waals surface area contributed by atoms with E-state index in [0.29, 0.717) is 0 Å². The van der Waals surface area contributed by atoms with Gasteiger partial charge in [-0.25, -0.2) is 34.5 Å². The highest BCUT2D eigenvalue weighted by Gasteiger charge is 2.50. The summed E-state index contributed by atoms with van der Waals surface area (Å²) in [5.41, 5.74) is 12.5. The molecule has 6 heterocycles.